The molecule has 2 heterocycles. The molecule has 0 saturated carbocycles. The number of alkyl halides is 3. The number of aliphatic hydroxyl groups excluding tert-OH is 1. The lowest BCUT2D eigenvalue weighted by atomic mass is 9.97. The molecule has 1 aromatic heterocycles. The Bertz CT molecular complexity index is 1340. The van der Waals surface area contributed by atoms with Gasteiger partial charge in [-0.3, -0.25) is 5.32 Å². The number of hydrogen-bond donors (Lipinski definition) is 5. The highest BCUT2D eigenvalue weighted by atomic mass is 35.5. The zero-order valence-electron chi connectivity index (χ0n) is 17.9. The van der Waals surface area contributed by atoms with Gasteiger partial charge in [-0.15, -0.1) is 5.10 Å². The van der Waals surface area contributed by atoms with Gasteiger partial charge in [-0.2, -0.15) is 18.2 Å². The average molecular weight is 533 g/mol. The first-order valence-electron chi connectivity index (χ1n) is 10.2. The fraction of sp³-hybridized carbons (Fsp3) is 0.300. The molecule has 0 bridgehead atoms. The molecular weight excluding hydrogens is 513 g/mol. The van der Waals surface area contributed by atoms with Crippen LogP contribution in [0, 0.1) is 0 Å². The van der Waals surface area contributed by atoms with Crippen LogP contribution in [0.3, 0.4) is 0 Å². The molecule has 3 aromatic rings. The van der Waals surface area contributed by atoms with Gasteiger partial charge in [0.1, 0.15) is 5.37 Å². The Morgan fingerprint density at radius 2 is 2.06 bits per heavy atom. The molecule has 4 rings (SSSR count). The second-order valence-corrected chi connectivity index (χ2v) is 10.1. The Hall–Kier alpha value is -2.91. The van der Waals surface area contributed by atoms with Gasteiger partial charge in [0.2, 0.25) is 11.9 Å². The zero-order valence-corrected chi connectivity index (χ0v) is 19.4. The number of ether oxygens (including phenoxy) is 1. The fourth-order valence-corrected chi connectivity index (χ4v) is 5.69. The van der Waals surface area contributed by atoms with E-state index in [2.05, 4.69) is 25.8 Å². The zero-order chi connectivity index (χ0) is 25.4. The Morgan fingerprint density at radius 1 is 1.29 bits per heavy atom. The van der Waals surface area contributed by atoms with Crippen LogP contribution in [0.4, 0.5) is 30.8 Å². The number of halogens is 4. The van der Waals surface area contributed by atoms with Gasteiger partial charge in [0.05, 0.1) is 35.3 Å². The highest BCUT2D eigenvalue weighted by Gasteiger charge is 2.37. The molecule has 6 N–H and O–H groups in total. The van der Waals surface area contributed by atoms with Gasteiger partial charge in [0.15, 0.2) is 9.84 Å². The molecule has 0 aliphatic carbocycles. The summed E-state index contributed by atoms with van der Waals surface area (Å²) in [4.78, 5) is 3.46. The van der Waals surface area contributed by atoms with Crippen LogP contribution in [0.25, 0.3) is 11.1 Å². The number of aliphatic hydroxyl groups is 1. The number of anilines is 3. The maximum absolute atomic E-state index is 14.1. The van der Waals surface area contributed by atoms with Gasteiger partial charge in [-0.25, -0.2) is 13.5 Å². The molecule has 1 fully saturated rings. The maximum Gasteiger partial charge on any atom is 0.417 e. The minimum atomic E-state index is -4.85. The Balaban J connectivity index is 1.83. The smallest absolute Gasteiger partial charge is 0.392 e. The van der Waals surface area contributed by atoms with E-state index in [9.17, 15) is 26.7 Å². The lowest BCUT2D eigenvalue weighted by Gasteiger charge is -2.25. The van der Waals surface area contributed by atoms with Crippen LogP contribution in [0.2, 0.25) is 5.02 Å². The third kappa shape index (κ3) is 5.21. The van der Waals surface area contributed by atoms with Gasteiger partial charge >= 0.3 is 6.18 Å². The number of morpholine rings is 1. The normalized spacial score (nSPS) is 16.9. The summed E-state index contributed by atoms with van der Waals surface area (Å²) in [5.74, 6) is -0.107. The highest BCUT2D eigenvalue weighted by molar-refractivity contribution is 7.92. The first-order valence-corrected chi connectivity index (χ1v) is 12.1. The van der Waals surface area contributed by atoms with Crippen molar-refractivity contribution in [2.75, 3.05) is 30.8 Å². The largest absolute Gasteiger partial charge is 0.417 e. The topological polar surface area (TPSA) is 155 Å². The summed E-state index contributed by atoms with van der Waals surface area (Å²) in [6, 6.07) is 5.64. The molecule has 0 spiro atoms. The third-order valence-electron chi connectivity index (χ3n) is 5.25. The summed E-state index contributed by atoms with van der Waals surface area (Å²) in [5.41, 5.74) is 3.77. The quantitative estimate of drug-likeness (QED) is 0.322. The van der Waals surface area contributed by atoms with E-state index in [-0.39, 0.29) is 51.8 Å². The standard InChI is InChI=1S/C20H20ClF3N6O4S/c21-14-7-12(27-19-28-18(25)29-30-19)6-13(20(22,23)24)17(14)10-1-2-11(8-31)15(5-10)35(32,33)16-9-34-4-3-26-16/h1-2,5-7,16,26,31H,3-4,8-9H2,(H4,25,27,28,29,30). The molecule has 2 aromatic carbocycles. The van der Waals surface area contributed by atoms with Crippen molar-refractivity contribution in [3.8, 4) is 11.1 Å². The predicted molar refractivity (Wildman–Crippen MR) is 122 cm³/mol. The van der Waals surface area contributed by atoms with Crippen LogP contribution < -0.4 is 16.4 Å². The van der Waals surface area contributed by atoms with Crippen molar-refractivity contribution in [1.29, 1.82) is 0 Å². The van der Waals surface area contributed by atoms with Crippen molar-refractivity contribution in [2.24, 2.45) is 0 Å². The molecule has 0 amide bonds. The lowest BCUT2D eigenvalue weighted by molar-refractivity contribution is -0.137. The molecule has 1 aliphatic rings. The number of nitrogens with zero attached hydrogens (tertiary/aromatic N) is 2. The van der Waals surface area contributed by atoms with E-state index in [1.807, 2.05) is 0 Å². The molecule has 1 atom stereocenters. The van der Waals surface area contributed by atoms with E-state index >= 15 is 0 Å². The van der Waals surface area contributed by atoms with Gasteiger partial charge < -0.3 is 20.9 Å². The molecule has 188 valence electrons. The van der Waals surface area contributed by atoms with E-state index < -0.39 is 39.1 Å². The summed E-state index contributed by atoms with van der Waals surface area (Å²) in [7, 11) is -4.11. The monoisotopic (exact) mass is 532 g/mol. The SMILES string of the molecule is Nc1nc(Nc2cc(Cl)c(-c3ccc(CO)c(S(=O)(=O)C4COCCN4)c3)c(C(F)(F)F)c2)n[nH]1. The second-order valence-electron chi connectivity index (χ2n) is 7.59. The minimum absolute atomic E-state index is 0.0336. The van der Waals surface area contributed by atoms with Crippen LogP contribution in [-0.2, 0) is 27.4 Å². The Labute approximate surface area is 202 Å². The van der Waals surface area contributed by atoms with Crippen LogP contribution >= 0.6 is 11.6 Å². The van der Waals surface area contributed by atoms with E-state index in [1.54, 1.807) is 0 Å². The Morgan fingerprint density at radius 3 is 2.66 bits per heavy atom. The number of nitrogens with two attached hydrogens (primary N) is 1. The van der Waals surface area contributed by atoms with Crippen molar-refractivity contribution in [3.05, 3.63) is 46.5 Å². The first-order chi connectivity index (χ1) is 16.5. The van der Waals surface area contributed by atoms with Gasteiger partial charge in [-0.05, 0) is 29.3 Å². The molecule has 0 radical (unpaired) electrons. The number of aromatic nitrogens is 3. The predicted octanol–water partition coefficient (Wildman–Crippen LogP) is 2.68. The second kappa shape index (κ2) is 9.62. The minimum Gasteiger partial charge on any atom is -0.392 e. The van der Waals surface area contributed by atoms with Crippen LogP contribution in [-0.4, -0.2) is 53.8 Å². The number of rotatable bonds is 6. The first kappa shape index (κ1) is 25.2. The summed E-state index contributed by atoms with van der Waals surface area (Å²) < 4.78 is 73.9. The van der Waals surface area contributed by atoms with Crippen molar-refractivity contribution in [2.45, 2.75) is 23.1 Å². The fourth-order valence-electron chi connectivity index (χ4n) is 3.65. The molecule has 10 nitrogen and oxygen atoms in total. The lowest BCUT2D eigenvalue weighted by Crippen LogP contribution is -2.46. The molecule has 1 unspecified atom stereocenters. The number of sulfone groups is 1. The molecule has 15 heteroatoms. The van der Waals surface area contributed by atoms with E-state index in [0.717, 1.165) is 12.1 Å². The number of aromatic amines is 1. The number of benzene rings is 2. The number of H-pyrrole nitrogens is 1. The summed E-state index contributed by atoms with van der Waals surface area (Å²) in [6.45, 7) is -0.166. The van der Waals surface area contributed by atoms with Crippen LogP contribution in [0.5, 0.6) is 0 Å². The molecule has 1 aliphatic heterocycles. The van der Waals surface area contributed by atoms with Crippen molar-refractivity contribution in [3.63, 3.8) is 0 Å². The third-order valence-corrected chi connectivity index (χ3v) is 7.59. The Kier molecular flexibility index (Phi) is 6.92. The van der Waals surface area contributed by atoms with Crippen molar-refractivity contribution in [1.82, 2.24) is 20.5 Å². The van der Waals surface area contributed by atoms with E-state index in [0.29, 0.717) is 6.61 Å². The van der Waals surface area contributed by atoms with Gasteiger partial charge in [0.25, 0.3) is 0 Å². The summed E-state index contributed by atoms with van der Waals surface area (Å²) in [5, 5.41) is 19.8. The number of hydrogen-bond acceptors (Lipinski definition) is 9. The average Bonchev–Trinajstić information content (AvgIpc) is 3.22. The maximum atomic E-state index is 14.1. The number of nitrogens with one attached hydrogen (secondary N) is 3. The van der Waals surface area contributed by atoms with Gasteiger partial charge in [-0.1, -0.05) is 23.7 Å². The van der Waals surface area contributed by atoms with Gasteiger partial charge in [0, 0.05) is 17.8 Å². The molecule has 35 heavy (non-hydrogen) atoms. The van der Waals surface area contributed by atoms with Crippen LogP contribution in [0.15, 0.2) is 35.2 Å². The highest BCUT2D eigenvalue weighted by Crippen LogP contribution is 2.44. The van der Waals surface area contributed by atoms with Crippen molar-refractivity contribution < 1.29 is 31.4 Å². The summed E-state index contributed by atoms with van der Waals surface area (Å²) in [6.07, 6.45) is -4.85. The van der Waals surface area contributed by atoms with E-state index in [4.69, 9.17) is 22.1 Å². The summed E-state index contributed by atoms with van der Waals surface area (Å²) >= 11 is 6.29. The molecular formula is C20H20ClF3N6O4S. The van der Waals surface area contributed by atoms with E-state index in [1.165, 1.54) is 18.2 Å². The number of nitrogen functional groups attached to an aromatic ring is 1. The van der Waals surface area contributed by atoms with Crippen LogP contribution in [0.1, 0.15) is 11.1 Å². The van der Waals surface area contributed by atoms with Crippen molar-refractivity contribution >= 4 is 39.0 Å². The molecule has 1 saturated heterocycles.